The number of nitriles is 1. The number of rotatable bonds is 11. The first-order chi connectivity index (χ1) is 17.9. The summed E-state index contributed by atoms with van der Waals surface area (Å²) in [6.45, 7) is 2.72. The highest BCUT2D eigenvalue weighted by atomic mass is 79.9. The van der Waals surface area contributed by atoms with Gasteiger partial charge in [-0.2, -0.15) is 10.4 Å². The second-order valence-electron chi connectivity index (χ2n) is 7.61. The van der Waals surface area contributed by atoms with E-state index in [0.29, 0.717) is 45.1 Å². The molecule has 0 fully saturated rings. The van der Waals surface area contributed by atoms with Crippen molar-refractivity contribution in [1.29, 1.82) is 5.26 Å². The number of hydrogen-bond donors (Lipinski definition) is 2. The summed E-state index contributed by atoms with van der Waals surface area (Å²) in [7, 11) is 1.52. The van der Waals surface area contributed by atoms with E-state index in [1.165, 1.54) is 13.3 Å². The standard InChI is InChI=1S/C27H25BrN4O5/c1-3-36-22-10-8-21(9-11-22)31-25(33)14-26(34)32-30-16-20-12-23(28)27(24(13-20)35-2)37-17-19-6-4-18(15-29)5-7-19/h4-13,16H,3,14,17H2,1-2H3,(H,31,33)(H,32,34). The molecule has 2 N–H and O–H groups in total. The van der Waals surface area contributed by atoms with Crippen LogP contribution in [0.25, 0.3) is 0 Å². The lowest BCUT2D eigenvalue weighted by atomic mass is 10.1. The lowest BCUT2D eigenvalue weighted by molar-refractivity contribution is -0.126. The predicted octanol–water partition coefficient (Wildman–Crippen LogP) is 4.79. The van der Waals surface area contributed by atoms with Crippen LogP contribution >= 0.6 is 15.9 Å². The number of benzene rings is 3. The summed E-state index contributed by atoms with van der Waals surface area (Å²) in [5, 5.41) is 15.5. The van der Waals surface area contributed by atoms with Crippen LogP contribution < -0.4 is 25.0 Å². The maximum atomic E-state index is 12.1. The van der Waals surface area contributed by atoms with Gasteiger partial charge in [-0.1, -0.05) is 12.1 Å². The SMILES string of the molecule is CCOc1ccc(NC(=O)CC(=O)NN=Cc2cc(Br)c(OCc3ccc(C#N)cc3)c(OC)c2)cc1. The van der Waals surface area contributed by atoms with E-state index < -0.39 is 11.8 Å². The van der Waals surface area contributed by atoms with Crippen LogP contribution in [0.4, 0.5) is 5.69 Å². The molecule has 3 aromatic rings. The molecule has 9 nitrogen and oxygen atoms in total. The van der Waals surface area contributed by atoms with E-state index in [1.54, 1.807) is 48.5 Å². The summed E-state index contributed by atoms with van der Waals surface area (Å²) in [6.07, 6.45) is 1.04. The summed E-state index contributed by atoms with van der Waals surface area (Å²) in [6, 6.07) is 19.5. The zero-order valence-electron chi connectivity index (χ0n) is 20.3. The van der Waals surface area contributed by atoms with Gasteiger partial charge in [-0.3, -0.25) is 9.59 Å². The van der Waals surface area contributed by atoms with Crippen molar-refractivity contribution in [2.45, 2.75) is 20.0 Å². The molecule has 10 heteroatoms. The number of nitrogens with zero attached hydrogens (tertiary/aromatic N) is 2. The van der Waals surface area contributed by atoms with E-state index in [9.17, 15) is 9.59 Å². The Morgan fingerprint density at radius 1 is 1.05 bits per heavy atom. The molecule has 0 aliphatic heterocycles. The molecule has 0 bridgehead atoms. The molecule has 0 aliphatic rings. The fraction of sp³-hybridized carbons (Fsp3) is 0.185. The molecule has 0 heterocycles. The second-order valence-corrected chi connectivity index (χ2v) is 8.46. The van der Waals surface area contributed by atoms with Crippen LogP contribution in [0.1, 0.15) is 30.0 Å². The Balaban J connectivity index is 1.53. The second kappa shape index (κ2) is 13.7. The van der Waals surface area contributed by atoms with Crippen molar-refractivity contribution in [3.05, 3.63) is 81.8 Å². The highest BCUT2D eigenvalue weighted by Crippen LogP contribution is 2.36. The number of ether oxygens (including phenoxy) is 3. The highest BCUT2D eigenvalue weighted by molar-refractivity contribution is 9.10. The smallest absolute Gasteiger partial charge is 0.249 e. The summed E-state index contributed by atoms with van der Waals surface area (Å²) in [4.78, 5) is 24.2. The predicted molar refractivity (Wildman–Crippen MR) is 143 cm³/mol. The number of methoxy groups -OCH3 is 1. The zero-order valence-corrected chi connectivity index (χ0v) is 21.9. The number of amides is 2. The molecule has 0 saturated heterocycles. The fourth-order valence-corrected chi connectivity index (χ4v) is 3.73. The van der Waals surface area contributed by atoms with Crippen molar-refractivity contribution in [2.24, 2.45) is 5.10 Å². The number of nitrogens with one attached hydrogen (secondary N) is 2. The van der Waals surface area contributed by atoms with Crippen molar-refractivity contribution in [3.63, 3.8) is 0 Å². The van der Waals surface area contributed by atoms with Gasteiger partial charge >= 0.3 is 0 Å². The number of hydrazone groups is 1. The Morgan fingerprint density at radius 2 is 1.78 bits per heavy atom. The van der Waals surface area contributed by atoms with Gasteiger partial charge < -0.3 is 19.5 Å². The van der Waals surface area contributed by atoms with Crippen molar-refractivity contribution in [1.82, 2.24) is 5.43 Å². The number of halogens is 1. The van der Waals surface area contributed by atoms with Crippen LogP contribution in [0.3, 0.4) is 0 Å². The topological polar surface area (TPSA) is 122 Å². The van der Waals surface area contributed by atoms with Crippen molar-refractivity contribution >= 4 is 39.6 Å². The van der Waals surface area contributed by atoms with Gasteiger partial charge in [0.1, 0.15) is 18.8 Å². The minimum atomic E-state index is -0.562. The third-order valence-corrected chi connectivity index (χ3v) is 5.48. The third-order valence-electron chi connectivity index (χ3n) is 4.89. The molecule has 0 aromatic heterocycles. The third kappa shape index (κ3) is 8.37. The molecule has 0 spiro atoms. The normalized spacial score (nSPS) is 10.4. The number of hydrogen-bond acceptors (Lipinski definition) is 7. The van der Waals surface area contributed by atoms with E-state index in [4.69, 9.17) is 19.5 Å². The van der Waals surface area contributed by atoms with Crippen LogP contribution in [0.2, 0.25) is 0 Å². The minimum Gasteiger partial charge on any atom is -0.494 e. The maximum Gasteiger partial charge on any atom is 0.249 e. The Labute approximate surface area is 223 Å². The van der Waals surface area contributed by atoms with Crippen LogP contribution in [0.5, 0.6) is 17.2 Å². The lowest BCUT2D eigenvalue weighted by Crippen LogP contribution is -2.24. The van der Waals surface area contributed by atoms with Gasteiger partial charge in [0.15, 0.2) is 11.5 Å². The molecule has 0 radical (unpaired) electrons. The Hall–Kier alpha value is -4.36. The molecule has 2 amide bonds. The van der Waals surface area contributed by atoms with Crippen LogP contribution in [-0.4, -0.2) is 31.7 Å². The molecular formula is C27H25BrN4O5. The van der Waals surface area contributed by atoms with Gasteiger partial charge in [0, 0.05) is 5.69 Å². The quantitative estimate of drug-likeness (QED) is 0.196. The summed E-state index contributed by atoms with van der Waals surface area (Å²) in [5.74, 6) is 0.629. The zero-order chi connectivity index (χ0) is 26.6. The number of carbonyl (C=O) groups excluding carboxylic acids is 2. The summed E-state index contributed by atoms with van der Waals surface area (Å²) >= 11 is 3.48. The average Bonchev–Trinajstić information content (AvgIpc) is 2.89. The van der Waals surface area contributed by atoms with E-state index in [-0.39, 0.29) is 13.0 Å². The first-order valence-corrected chi connectivity index (χ1v) is 12.0. The molecule has 0 aliphatic carbocycles. The molecule has 0 unspecified atom stereocenters. The van der Waals surface area contributed by atoms with Crippen LogP contribution in [0.15, 0.2) is 70.2 Å². The van der Waals surface area contributed by atoms with Gasteiger partial charge in [0.05, 0.1) is 36.0 Å². The lowest BCUT2D eigenvalue weighted by Gasteiger charge is -2.13. The number of carbonyl (C=O) groups is 2. The first kappa shape index (κ1) is 27.2. The Bertz CT molecular complexity index is 1300. The molecule has 190 valence electrons. The summed E-state index contributed by atoms with van der Waals surface area (Å²) < 4.78 is 17.3. The largest absolute Gasteiger partial charge is 0.494 e. The van der Waals surface area contributed by atoms with Crippen molar-refractivity contribution < 1.29 is 23.8 Å². The molecule has 3 aromatic carbocycles. The first-order valence-electron chi connectivity index (χ1n) is 11.3. The van der Waals surface area contributed by atoms with E-state index in [1.807, 2.05) is 19.1 Å². The Morgan fingerprint density at radius 3 is 2.43 bits per heavy atom. The molecule has 0 atom stereocenters. The van der Waals surface area contributed by atoms with Crippen molar-refractivity contribution in [3.8, 4) is 23.3 Å². The van der Waals surface area contributed by atoms with Gasteiger partial charge in [-0.25, -0.2) is 5.43 Å². The monoisotopic (exact) mass is 564 g/mol. The molecule has 37 heavy (non-hydrogen) atoms. The van der Waals surface area contributed by atoms with E-state index >= 15 is 0 Å². The van der Waals surface area contributed by atoms with Gasteiger partial charge in [-0.05, 0) is 82.5 Å². The van der Waals surface area contributed by atoms with E-state index in [0.717, 1.165) is 5.56 Å². The fourth-order valence-electron chi connectivity index (χ4n) is 3.16. The highest BCUT2D eigenvalue weighted by Gasteiger charge is 2.12. The van der Waals surface area contributed by atoms with E-state index in [2.05, 4.69) is 37.8 Å². The van der Waals surface area contributed by atoms with Gasteiger partial charge in [0.2, 0.25) is 11.8 Å². The van der Waals surface area contributed by atoms with Crippen LogP contribution in [-0.2, 0) is 16.2 Å². The maximum absolute atomic E-state index is 12.1. The summed E-state index contributed by atoms with van der Waals surface area (Å²) in [5.41, 5.74) is 5.00. The number of anilines is 1. The minimum absolute atomic E-state index is 0.281. The van der Waals surface area contributed by atoms with Gasteiger partial charge in [-0.15, -0.1) is 0 Å². The van der Waals surface area contributed by atoms with Crippen LogP contribution in [0, 0.1) is 11.3 Å². The van der Waals surface area contributed by atoms with Gasteiger partial charge in [0.25, 0.3) is 0 Å². The molecule has 0 saturated carbocycles. The van der Waals surface area contributed by atoms with Crippen molar-refractivity contribution in [2.75, 3.05) is 19.0 Å². The molecule has 3 rings (SSSR count). The Kier molecular flexibility index (Phi) is 10.0. The molecular weight excluding hydrogens is 540 g/mol. The average molecular weight is 565 g/mol.